The Morgan fingerprint density at radius 3 is 2.71 bits per heavy atom. The van der Waals surface area contributed by atoms with E-state index in [9.17, 15) is 9.59 Å². The van der Waals surface area contributed by atoms with E-state index in [0.717, 1.165) is 25.7 Å². The summed E-state index contributed by atoms with van der Waals surface area (Å²) in [6.07, 6.45) is 3.59. The molecule has 132 valence electrons. The van der Waals surface area contributed by atoms with Gasteiger partial charge in [0, 0.05) is 5.75 Å². The van der Waals surface area contributed by atoms with E-state index in [1.807, 2.05) is 6.92 Å². The third kappa shape index (κ3) is 4.45. The summed E-state index contributed by atoms with van der Waals surface area (Å²) in [5, 5.41) is 0.398. The van der Waals surface area contributed by atoms with Crippen molar-refractivity contribution in [2.45, 2.75) is 50.9 Å². The first-order valence-electron chi connectivity index (χ1n) is 8.45. The van der Waals surface area contributed by atoms with Crippen LogP contribution in [0.1, 0.15) is 49.9 Å². The molecular weight excluding hydrogens is 346 g/mol. The second-order valence-corrected chi connectivity index (χ2v) is 7.42. The number of carbonyl (C=O) groups is 2. The van der Waals surface area contributed by atoms with Crippen LogP contribution in [0, 0.1) is 0 Å². The Labute approximate surface area is 152 Å². The molecule has 1 amide bonds. The number of unbranched alkanes of at least 4 members (excludes halogenated alkanes) is 1. The Morgan fingerprint density at radius 2 is 2.04 bits per heavy atom. The van der Waals surface area contributed by atoms with E-state index in [4.69, 9.17) is 16.3 Å². The second-order valence-electron chi connectivity index (χ2n) is 5.81. The predicted molar refractivity (Wildman–Crippen MR) is 98.4 cm³/mol. The highest BCUT2D eigenvalue weighted by Gasteiger charge is 2.42. The Morgan fingerprint density at radius 1 is 1.29 bits per heavy atom. The van der Waals surface area contributed by atoms with Crippen molar-refractivity contribution in [1.82, 2.24) is 4.90 Å². The van der Waals surface area contributed by atoms with Crippen molar-refractivity contribution in [3.63, 3.8) is 0 Å². The van der Waals surface area contributed by atoms with Gasteiger partial charge in [-0.1, -0.05) is 50.4 Å². The number of hydrogen-bond acceptors (Lipinski definition) is 4. The maximum Gasteiger partial charge on any atom is 0.329 e. The summed E-state index contributed by atoms with van der Waals surface area (Å²) in [5.41, 5.74) is 0.439. The largest absolute Gasteiger partial charge is 0.464 e. The number of hydrogen-bond donors (Lipinski definition) is 0. The van der Waals surface area contributed by atoms with E-state index in [1.54, 1.807) is 40.9 Å². The first kappa shape index (κ1) is 19.1. The maximum atomic E-state index is 13.0. The molecule has 0 unspecified atom stereocenters. The highest BCUT2D eigenvalue weighted by atomic mass is 35.5. The SMILES string of the molecule is CCCCOC(=O)[C@@H]1CS[C@@H](CCC)N1C(=O)c1ccccc1Cl. The van der Waals surface area contributed by atoms with E-state index >= 15 is 0 Å². The zero-order valence-electron chi connectivity index (χ0n) is 14.2. The van der Waals surface area contributed by atoms with Crippen LogP contribution in [-0.2, 0) is 9.53 Å². The van der Waals surface area contributed by atoms with E-state index < -0.39 is 6.04 Å². The molecule has 2 atom stereocenters. The van der Waals surface area contributed by atoms with Crippen LogP contribution in [-0.4, -0.2) is 40.6 Å². The average Bonchev–Trinajstić information content (AvgIpc) is 2.99. The van der Waals surface area contributed by atoms with Gasteiger partial charge in [0.25, 0.3) is 5.91 Å². The number of nitrogens with zero attached hydrogens (tertiary/aromatic N) is 1. The van der Waals surface area contributed by atoms with Gasteiger partial charge in [-0.2, -0.15) is 0 Å². The number of halogens is 1. The van der Waals surface area contributed by atoms with Crippen LogP contribution < -0.4 is 0 Å². The molecule has 1 fully saturated rings. The zero-order chi connectivity index (χ0) is 17.5. The minimum absolute atomic E-state index is 0.0116. The fraction of sp³-hybridized carbons (Fsp3) is 0.556. The third-order valence-corrected chi connectivity index (χ3v) is 5.67. The van der Waals surface area contributed by atoms with Crippen molar-refractivity contribution in [1.29, 1.82) is 0 Å². The van der Waals surface area contributed by atoms with E-state index in [1.165, 1.54) is 0 Å². The molecule has 0 aromatic heterocycles. The van der Waals surface area contributed by atoms with Gasteiger partial charge in [-0.3, -0.25) is 4.79 Å². The average molecular weight is 370 g/mol. The number of rotatable bonds is 7. The summed E-state index contributed by atoms with van der Waals surface area (Å²) in [7, 11) is 0. The van der Waals surface area contributed by atoms with Crippen molar-refractivity contribution in [2.75, 3.05) is 12.4 Å². The minimum Gasteiger partial charge on any atom is -0.464 e. The van der Waals surface area contributed by atoms with Crippen molar-refractivity contribution in [2.24, 2.45) is 0 Å². The van der Waals surface area contributed by atoms with Crippen molar-refractivity contribution in [3.05, 3.63) is 34.9 Å². The van der Waals surface area contributed by atoms with Crippen LogP contribution >= 0.6 is 23.4 Å². The molecule has 0 saturated carbocycles. The number of amides is 1. The van der Waals surface area contributed by atoms with Gasteiger partial charge in [0.1, 0.15) is 6.04 Å². The number of esters is 1. The lowest BCUT2D eigenvalue weighted by molar-refractivity contribution is -0.148. The summed E-state index contributed by atoms with van der Waals surface area (Å²) in [4.78, 5) is 27.1. The van der Waals surface area contributed by atoms with Crippen molar-refractivity contribution < 1.29 is 14.3 Å². The number of thioether (sulfide) groups is 1. The first-order valence-corrected chi connectivity index (χ1v) is 9.88. The zero-order valence-corrected chi connectivity index (χ0v) is 15.7. The Kier molecular flexibility index (Phi) is 7.43. The van der Waals surface area contributed by atoms with Crippen LogP contribution in [0.15, 0.2) is 24.3 Å². The molecule has 0 radical (unpaired) electrons. The molecule has 1 aliphatic rings. The quantitative estimate of drug-likeness (QED) is 0.529. The Bertz CT molecular complexity index is 581. The van der Waals surface area contributed by atoms with Crippen LogP contribution in [0.25, 0.3) is 0 Å². The normalized spacial score (nSPS) is 20.2. The van der Waals surface area contributed by atoms with Gasteiger partial charge in [-0.25, -0.2) is 4.79 Å². The predicted octanol–water partition coefficient (Wildman–Crippen LogP) is 4.37. The fourth-order valence-electron chi connectivity index (χ4n) is 2.67. The topological polar surface area (TPSA) is 46.6 Å². The van der Waals surface area contributed by atoms with Crippen LogP contribution in [0.2, 0.25) is 5.02 Å². The number of benzene rings is 1. The number of ether oxygens (including phenoxy) is 1. The van der Waals surface area contributed by atoms with Gasteiger partial charge in [0.05, 0.1) is 22.6 Å². The highest BCUT2D eigenvalue weighted by Crippen LogP contribution is 2.35. The van der Waals surface area contributed by atoms with Gasteiger partial charge < -0.3 is 9.64 Å². The van der Waals surface area contributed by atoms with Crippen LogP contribution in [0.3, 0.4) is 0 Å². The maximum absolute atomic E-state index is 13.0. The summed E-state index contributed by atoms with van der Waals surface area (Å²) in [5.74, 6) is 0.0719. The fourth-order valence-corrected chi connectivity index (χ4v) is 4.40. The molecule has 0 aliphatic carbocycles. The Hall–Kier alpha value is -1.20. The van der Waals surface area contributed by atoms with Gasteiger partial charge >= 0.3 is 5.97 Å². The van der Waals surface area contributed by atoms with Crippen molar-refractivity contribution >= 4 is 35.2 Å². The van der Waals surface area contributed by atoms with E-state index in [0.29, 0.717) is 22.9 Å². The Balaban J connectivity index is 2.20. The molecule has 1 heterocycles. The minimum atomic E-state index is -0.535. The smallest absolute Gasteiger partial charge is 0.329 e. The lowest BCUT2D eigenvalue weighted by atomic mass is 10.1. The second kappa shape index (κ2) is 9.33. The van der Waals surface area contributed by atoms with E-state index in [-0.39, 0.29) is 17.3 Å². The third-order valence-electron chi connectivity index (χ3n) is 3.98. The molecule has 4 nitrogen and oxygen atoms in total. The van der Waals surface area contributed by atoms with Gasteiger partial charge in [-0.05, 0) is 25.0 Å². The molecular formula is C18H24ClNO3S. The molecule has 1 saturated heterocycles. The molecule has 24 heavy (non-hydrogen) atoms. The number of carbonyl (C=O) groups excluding carboxylic acids is 2. The summed E-state index contributed by atoms with van der Waals surface area (Å²) in [6, 6.07) is 6.44. The van der Waals surface area contributed by atoms with Crippen molar-refractivity contribution in [3.8, 4) is 0 Å². The molecule has 1 aliphatic heterocycles. The highest BCUT2D eigenvalue weighted by molar-refractivity contribution is 8.00. The summed E-state index contributed by atoms with van der Waals surface area (Å²) in [6.45, 7) is 4.53. The standard InChI is InChI=1S/C18H24ClNO3S/c1-3-5-11-23-18(22)15-12-24-16(8-4-2)20(15)17(21)13-9-6-7-10-14(13)19/h6-7,9-10,15-16H,3-5,8,11-12H2,1-2H3/t15-,16-/m0/s1. The lowest BCUT2D eigenvalue weighted by Gasteiger charge is -2.28. The molecule has 1 aromatic carbocycles. The molecule has 0 bridgehead atoms. The van der Waals surface area contributed by atoms with Gasteiger partial charge in [-0.15, -0.1) is 11.8 Å². The summed E-state index contributed by atoms with van der Waals surface area (Å²) >= 11 is 7.82. The molecule has 1 aromatic rings. The summed E-state index contributed by atoms with van der Waals surface area (Å²) < 4.78 is 5.36. The molecule has 2 rings (SSSR count). The monoisotopic (exact) mass is 369 g/mol. The molecule has 6 heteroatoms. The first-order chi connectivity index (χ1) is 11.6. The van der Waals surface area contributed by atoms with Crippen LogP contribution in [0.5, 0.6) is 0 Å². The molecule has 0 spiro atoms. The van der Waals surface area contributed by atoms with Gasteiger partial charge in [0.2, 0.25) is 0 Å². The van der Waals surface area contributed by atoms with Crippen LogP contribution in [0.4, 0.5) is 0 Å². The van der Waals surface area contributed by atoms with Gasteiger partial charge in [0.15, 0.2) is 0 Å². The molecule has 0 N–H and O–H groups in total. The lowest BCUT2D eigenvalue weighted by Crippen LogP contribution is -2.46. The van der Waals surface area contributed by atoms with E-state index in [2.05, 4.69) is 6.92 Å².